The van der Waals surface area contributed by atoms with Gasteiger partial charge in [-0.1, -0.05) is 35.3 Å². The van der Waals surface area contributed by atoms with Crippen LogP contribution in [0.4, 0.5) is 19.0 Å². The van der Waals surface area contributed by atoms with Crippen molar-refractivity contribution < 1.29 is 13.2 Å². The number of pyridine rings is 1. The minimum absolute atomic E-state index is 0.262. The van der Waals surface area contributed by atoms with E-state index in [-0.39, 0.29) is 10.2 Å². The van der Waals surface area contributed by atoms with Gasteiger partial charge in [0.15, 0.2) is 0 Å². The minimum Gasteiger partial charge on any atom is -0.363 e. The second-order valence-electron chi connectivity index (χ2n) is 5.72. The molecule has 136 valence electrons. The molecular formula is C17H13Cl2F3N4. The number of aryl methyl sites for hydroxylation is 1. The number of benzene rings is 1. The Balaban J connectivity index is 2.03. The zero-order valence-electron chi connectivity index (χ0n) is 13.7. The Kier molecular flexibility index (Phi) is 4.94. The summed E-state index contributed by atoms with van der Waals surface area (Å²) in [6.07, 6.45) is -3.01. The lowest BCUT2D eigenvalue weighted by Crippen LogP contribution is -2.13. The molecule has 1 aromatic carbocycles. The minimum atomic E-state index is -4.52. The smallest absolute Gasteiger partial charge is 0.363 e. The van der Waals surface area contributed by atoms with E-state index in [0.29, 0.717) is 28.1 Å². The maximum absolute atomic E-state index is 13.1. The number of fused-ring (bicyclic) bond motifs is 1. The standard InChI is InChI=1S/C17H13Cl2F3N4/c1-8(10-4-3-5-12(15(10)19)17(20,21)22)24-16-11-6-14(18)23-7-13(11)25-9(2)26-16/h3-8H,1-2H3,(H,24,25,26)/t8-/m1/s1. The summed E-state index contributed by atoms with van der Waals surface area (Å²) in [6.45, 7) is 3.41. The molecule has 0 saturated heterocycles. The van der Waals surface area contributed by atoms with Crippen LogP contribution in [0.15, 0.2) is 30.5 Å². The third-order valence-electron chi connectivity index (χ3n) is 3.81. The molecule has 0 saturated carbocycles. The van der Waals surface area contributed by atoms with Crippen LogP contribution in [0.1, 0.15) is 29.9 Å². The van der Waals surface area contributed by atoms with Crippen molar-refractivity contribution in [1.29, 1.82) is 0 Å². The maximum atomic E-state index is 13.1. The molecule has 1 N–H and O–H groups in total. The number of nitrogens with one attached hydrogen (secondary N) is 1. The van der Waals surface area contributed by atoms with Crippen molar-refractivity contribution in [2.75, 3.05) is 5.32 Å². The Hall–Kier alpha value is -2.12. The predicted octanol–water partition coefficient (Wildman–Crippen LogP) is 5.83. The molecule has 3 rings (SSSR count). The molecule has 0 aliphatic rings. The average molecular weight is 401 g/mol. The number of rotatable bonds is 3. The van der Waals surface area contributed by atoms with Gasteiger partial charge in [0.2, 0.25) is 0 Å². The van der Waals surface area contributed by atoms with Gasteiger partial charge in [0.1, 0.15) is 16.8 Å². The van der Waals surface area contributed by atoms with Crippen molar-refractivity contribution in [3.8, 4) is 0 Å². The lowest BCUT2D eigenvalue weighted by atomic mass is 10.0. The van der Waals surface area contributed by atoms with Gasteiger partial charge in [0.05, 0.1) is 28.3 Å². The largest absolute Gasteiger partial charge is 0.417 e. The summed E-state index contributed by atoms with van der Waals surface area (Å²) in [6, 6.07) is 4.88. The quantitative estimate of drug-likeness (QED) is 0.561. The van der Waals surface area contributed by atoms with Gasteiger partial charge in [-0.15, -0.1) is 0 Å². The molecule has 0 aliphatic heterocycles. The van der Waals surface area contributed by atoms with Gasteiger partial charge in [0, 0.05) is 5.39 Å². The van der Waals surface area contributed by atoms with Crippen molar-refractivity contribution in [2.45, 2.75) is 26.1 Å². The number of anilines is 1. The van der Waals surface area contributed by atoms with Crippen molar-refractivity contribution in [2.24, 2.45) is 0 Å². The Morgan fingerprint density at radius 3 is 2.58 bits per heavy atom. The van der Waals surface area contributed by atoms with E-state index in [1.165, 1.54) is 12.3 Å². The number of halogens is 5. The van der Waals surface area contributed by atoms with Crippen LogP contribution in [0, 0.1) is 6.92 Å². The van der Waals surface area contributed by atoms with Crippen LogP contribution in [-0.4, -0.2) is 15.0 Å². The molecule has 0 fully saturated rings. The number of nitrogens with zero attached hydrogens (tertiary/aromatic N) is 3. The number of hydrogen-bond donors (Lipinski definition) is 1. The van der Waals surface area contributed by atoms with Gasteiger partial charge in [-0.25, -0.2) is 15.0 Å². The van der Waals surface area contributed by atoms with E-state index in [4.69, 9.17) is 23.2 Å². The van der Waals surface area contributed by atoms with E-state index in [1.54, 1.807) is 26.0 Å². The van der Waals surface area contributed by atoms with Crippen LogP contribution >= 0.6 is 23.2 Å². The summed E-state index contributed by atoms with van der Waals surface area (Å²) in [7, 11) is 0. The molecule has 2 heterocycles. The highest BCUT2D eigenvalue weighted by atomic mass is 35.5. The molecule has 0 amide bonds. The van der Waals surface area contributed by atoms with Crippen LogP contribution in [0.5, 0.6) is 0 Å². The van der Waals surface area contributed by atoms with Gasteiger partial charge in [0.25, 0.3) is 0 Å². The zero-order valence-corrected chi connectivity index (χ0v) is 15.2. The summed E-state index contributed by atoms with van der Waals surface area (Å²) < 4.78 is 39.2. The summed E-state index contributed by atoms with van der Waals surface area (Å²) in [5, 5.41) is 3.64. The molecule has 9 heteroatoms. The van der Waals surface area contributed by atoms with Gasteiger partial charge in [-0.05, 0) is 31.5 Å². The van der Waals surface area contributed by atoms with Crippen molar-refractivity contribution in [3.63, 3.8) is 0 Å². The predicted molar refractivity (Wildman–Crippen MR) is 95.6 cm³/mol. The number of aromatic nitrogens is 3. The molecule has 1 atom stereocenters. The van der Waals surface area contributed by atoms with Gasteiger partial charge < -0.3 is 5.32 Å². The molecule has 0 bridgehead atoms. The first kappa shape index (κ1) is 18.7. The molecule has 4 nitrogen and oxygen atoms in total. The third kappa shape index (κ3) is 3.68. The van der Waals surface area contributed by atoms with E-state index in [1.807, 2.05) is 0 Å². The normalized spacial score (nSPS) is 13.0. The lowest BCUT2D eigenvalue weighted by molar-refractivity contribution is -0.137. The Morgan fingerprint density at radius 1 is 1.15 bits per heavy atom. The highest BCUT2D eigenvalue weighted by molar-refractivity contribution is 6.32. The first-order valence-corrected chi connectivity index (χ1v) is 8.34. The van der Waals surface area contributed by atoms with Gasteiger partial charge >= 0.3 is 6.18 Å². The van der Waals surface area contributed by atoms with E-state index in [2.05, 4.69) is 20.3 Å². The summed E-state index contributed by atoms with van der Waals surface area (Å²) >= 11 is 11.9. The lowest BCUT2D eigenvalue weighted by Gasteiger charge is -2.20. The zero-order chi connectivity index (χ0) is 19.1. The summed E-state index contributed by atoms with van der Waals surface area (Å²) in [5.74, 6) is 0.934. The number of hydrogen-bond acceptors (Lipinski definition) is 4. The Morgan fingerprint density at radius 2 is 1.88 bits per heavy atom. The first-order chi connectivity index (χ1) is 12.2. The van der Waals surface area contributed by atoms with Crippen LogP contribution in [-0.2, 0) is 6.18 Å². The highest BCUT2D eigenvalue weighted by Crippen LogP contribution is 2.38. The maximum Gasteiger partial charge on any atom is 0.417 e. The second-order valence-corrected chi connectivity index (χ2v) is 6.48. The molecular weight excluding hydrogens is 388 g/mol. The molecule has 3 aromatic rings. The molecule has 0 unspecified atom stereocenters. The SMILES string of the molecule is Cc1nc(N[C@H](C)c2cccc(C(F)(F)F)c2Cl)c2cc(Cl)ncc2n1. The van der Waals surface area contributed by atoms with Crippen molar-refractivity contribution in [3.05, 3.63) is 57.6 Å². The Labute approximate surface area is 157 Å². The molecule has 0 spiro atoms. The van der Waals surface area contributed by atoms with Crippen LogP contribution < -0.4 is 5.32 Å². The molecule has 2 aromatic heterocycles. The molecule has 0 aliphatic carbocycles. The highest BCUT2D eigenvalue weighted by Gasteiger charge is 2.34. The van der Waals surface area contributed by atoms with Gasteiger partial charge in [-0.3, -0.25) is 0 Å². The van der Waals surface area contributed by atoms with Crippen LogP contribution in [0.25, 0.3) is 10.9 Å². The van der Waals surface area contributed by atoms with Crippen molar-refractivity contribution >= 4 is 39.9 Å². The average Bonchev–Trinajstić information content (AvgIpc) is 2.54. The number of alkyl halides is 3. The monoisotopic (exact) mass is 400 g/mol. The third-order valence-corrected chi connectivity index (χ3v) is 4.44. The fourth-order valence-corrected chi connectivity index (χ4v) is 3.17. The van der Waals surface area contributed by atoms with E-state index in [9.17, 15) is 13.2 Å². The van der Waals surface area contributed by atoms with E-state index < -0.39 is 17.8 Å². The molecule has 26 heavy (non-hydrogen) atoms. The van der Waals surface area contributed by atoms with Crippen LogP contribution in [0.3, 0.4) is 0 Å². The fourth-order valence-electron chi connectivity index (χ4n) is 2.62. The van der Waals surface area contributed by atoms with Crippen LogP contribution in [0.2, 0.25) is 10.2 Å². The summed E-state index contributed by atoms with van der Waals surface area (Å²) in [4.78, 5) is 12.6. The fraction of sp³-hybridized carbons (Fsp3) is 0.235. The van der Waals surface area contributed by atoms with Crippen molar-refractivity contribution in [1.82, 2.24) is 15.0 Å². The van der Waals surface area contributed by atoms with Gasteiger partial charge in [-0.2, -0.15) is 13.2 Å². The van der Waals surface area contributed by atoms with E-state index >= 15 is 0 Å². The molecule has 0 radical (unpaired) electrons. The Bertz CT molecular complexity index is 976. The topological polar surface area (TPSA) is 50.7 Å². The second kappa shape index (κ2) is 6.89. The first-order valence-electron chi connectivity index (χ1n) is 7.59. The summed E-state index contributed by atoms with van der Waals surface area (Å²) in [5.41, 5.74) is 0.0130. The van der Waals surface area contributed by atoms with E-state index in [0.717, 1.165) is 6.07 Å².